The molecule has 3 N–H and O–H groups in total. The van der Waals surface area contributed by atoms with E-state index in [2.05, 4.69) is 38.2 Å². The summed E-state index contributed by atoms with van der Waals surface area (Å²) in [5.41, 5.74) is 10.5. The molecule has 10 nitrogen and oxygen atoms in total. The van der Waals surface area contributed by atoms with Gasteiger partial charge in [0.25, 0.3) is 0 Å². The Kier molecular flexibility index (Phi) is 11.0. The molecule has 2 atom stereocenters. The van der Waals surface area contributed by atoms with Crippen LogP contribution in [-0.4, -0.2) is 67.1 Å². The highest BCUT2D eigenvalue weighted by Crippen LogP contribution is 2.40. The summed E-state index contributed by atoms with van der Waals surface area (Å²) in [6.07, 6.45) is 8.25. The van der Waals surface area contributed by atoms with Gasteiger partial charge in [0.15, 0.2) is 0 Å². The molecular weight excluding hydrogens is 655 g/mol. The standard InChI is InChI=1S/C38H46ClFN8O2/c1-38(2,3)50-37(49)46(20-16-26-10-13-29(40)14-11-26)19-7-18-42-23-28-12-15-30(22-28)48-25-31(33-34(41)43-36(39)44-35(33)48)32-17-21-47(45-32)24-27-8-5-4-6-9-27/h4-6,8-11,13-14,17,21,25,28,30,42H,7,12,15-16,18-20,22-24H2,1-3H3,(H2,41,43,44)/t28?,30-/m0/s1. The van der Waals surface area contributed by atoms with E-state index in [9.17, 15) is 9.18 Å². The number of benzene rings is 2. The summed E-state index contributed by atoms with van der Waals surface area (Å²) in [6.45, 7) is 9.00. The van der Waals surface area contributed by atoms with E-state index in [1.807, 2.05) is 55.9 Å². The van der Waals surface area contributed by atoms with Crippen LogP contribution in [0.3, 0.4) is 0 Å². The fourth-order valence-electron chi connectivity index (χ4n) is 6.71. The lowest BCUT2D eigenvalue weighted by atomic mass is 10.1. The molecule has 1 fully saturated rings. The molecule has 50 heavy (non-hydrogen) atoms. The van der Waals surface area contributed by atoms with E-state index in [0.29, 0.717) is 37.8 Å². The second kappa shape index (κ2) is 15.6. The number of nitrogens with zero attached hydrogens (tertiary/aromatic N) is 6. The first-order chi connectivity index (χ1) is 24.0. The third-order valence-electron chi connectivity index (χ3n) is 9.13. The number of ether oxygens (including phenoxy) is 1. The summed E-state index contributed by atoms with van der Waals surface area (Å²) in [7, 11) is 0. The molecule has 0 bridgehead atoms. The van der Waals surface area contributed by atoms with Gasteiger partial charge in [-0.05, 0) is 113 Å². The zero-order valence-corrected chi connectivity index (χ0v) is 29.7. The molecule has 0 aliphatic heterocycles. The molecule has 264 valence electrons. The monoisotopic (exact) mass is 700 g/mol. The highest BCUT2D eigenvalue weighted by Gasteiger charge is 2.29. The first-order valence-corrected chi connectivity index (χ1v) is 17.7. The minimum absolute atomic E-state index is 0.129. The Bertz CT molecular complexity index is 1890. The minimum atomic E-state index is -0.582. The number of halogens is 2. The lowest BCUT2D eigenvalue weighted by molar-refractivity contribution is 0.0250. The summed E-state index contributed by atoms with van der Waals surface area (Å²) in [4.78, 5) is 23.6. The number of hydrogen-bond acceptors (Lipinski definition) is 7. The van der Waals surface area contributed by atoms with Crippen molar-refractivity contribution < 1.29 is 13.9 Å². The average Bonchev–Trinajstić information content (AvgIpc) is 3.82. The lowest BCUT2D eigenvalue weighted by Gasteiger charge is -2.27. The van der Waals surface area contributed by atoms with Gasteiger partial charge in [-0.15, -0.1) is 0 Å². The first-order valence-electron chi connectivity index (χ1n) is 17.4. The van der Waals surface area contributed by atoms with Crippen LogP contribution < -0.4 is 11.1 Å². The van der Waals surface area contributed by atoms with E-state index in [-0.39, 0.29) is 23.2 Å². The SMILES string of the molecule is CC(C)(C)OC(=O)N(CCCNCC1CC[C@H](n2cc(-c3ccn(Cc4ccccc4)n3)c3c(N)nc(Cl)nc32)C1)CCc1ccc(F)cc1. The Morgan fingerprint density at radius 1 is 1.06 bits per heavy atom. The number of carbonyl (C=O) groups is 1. The molecule has 0 spiro atoms. The Labute approximate surface area is 297 Å². The topological polar surface area (TPSA) is 116 Å². The van der Waals surface area contributed by atoms with Gasteiger partial charge >= 0.3 is 6.09 Å². The van der Waals surface area contributed by atoms with Gasteiger partial charge in [-0.3, -0.25) is 4.68 Å². The molecule has 1 aliphatic carbocycles. The summed E-state index contributed by atoms with van der Waals surface area (Å²) >= 11 is 6.32. The largest absolute Gasteiger partial charge is 0.444 e. The molecule has 2 aromatic carbocycles. The van der Waals surface area contributed by atoms with Gasteiger partial charge < -0.3 is 25.3 Å². The van der Waals surface area contributed by atoms with Crippen LogP contribution >= 0.6 is 11.6 Å². The second-order valence-electron chi connectivity index (χ2n) is 14.1. The average molecular weight is 701 g/mol. The maximum atomic E-state index is 13.4. The minimum Gasteiger partial charge on any atom is -0.444 e. The molecule has 0 saturated heterocycles. The Balaban J connectivity index is 1.05. The van der Waals surface area contributed by atoms with Crippen molar-refractivity contribution in [2.75, 3.05) is 31.9 Å². The van der Waals surface area contributed by atoms with Crippen molar-refractivity contribution in [1.82, 2.24) is 34.5 Å². The number of nitrogen functional groups attached to an aromatic ring is 1. The summed E-state index contributed by atoms with van der Waals surface area (Å²) < 4.78 is 23.2. The molecule has 3 heterocycles. The highest BCUT2D eigenvalue weighted by molar-refractivity contribution is 6.29. The number of aromatic nitrogens is 5. The molecule has 1 unspecified atom stereocenters. The summed E-state index contributed by atoms with van der Waals surface area (Å²) in [6, 6.07) is 18.9. The second-order valence-corrected chi connectivity index (χ2v) is 14.5. The zero-order valence-electron chi connectivity index (χ0n) is 29.0. The molecule has 0 radical (unpaired) electrons. The van der Waals surface area contributed by atoms with Gasteiger partial charge in [-0.25, -0.2) is 14.2 Å². The number of anilines is 1. The lowest BCUT2D eigenvalue weighted by Crippen LogP contribution is -2.39. The van der Waals surface area contributed by atoms with Crippen LogP contribution in [0.5, 0.6) is 0 Å². The third-order valence-corrected chi connectivity index (χ3v) is 9.30. The van der Waals surface area contributed by atoms with Crippen molar-refractivity contribution >= 4 is 34.5 Å². The molecule has 3 aromatic heterocycles. The van der Waals surface area contributed by atoms with Crippen molar-refractivity contribution in [1.29, 1.82) is 0 Å². The molecule has 12 heteroatoms. The van der Waals surface area contributed by atoms with Crippen molar-refractivity contribution in [3.63, 3.8) is 0 Å². The molecule has 1 saturated carbocycles. The van der Waals surface area contributed by atoms with Crippen molar-refractivity contribution in [2.45, 2.75) is 71.1 Å². The van der Waals surface area contributed by atoms with Crippen LogP contribution in [0, 0.1) is 11.7 Å². The van der Waals surface area contributed by atoms with Gasteiger partial charge in [0.05, 0.1) is 17.6 Å². The number of amides is 1. The van der Waals surface area contributed by atoms with Gasteiger partial charge in [-0.2, -0.15) is 10.1 Å². The van der Waals surface area contributed by atoms with Crippen LogP contribution in [0.2, 0.25) is 5.28 Å². The van der Waals surface area contributed by atoms with Gasteiger partial charge in [0.1, 0.15) is 22.9 Å². The number of rotatable bonds is 13. The maximum Gasteiger partial charge on any atom is 0.410 e. The Morgan fingerprint density at radius 2 is 1.84 bits per heavy atom. The Hall–Kier alpha value is -4.48. The number of hydrogen-bond donors (Lipinski definition) is 2. The van der Waals surface area contributed by atoms with Crippen molar-refractivity contribution in [3.8, 4) is 11.3 Å². The number of fused-ring (bicyclic) bond motifs is 1. The van der Waals surface area contributed by atoms with E-state index in [1.165, 1.54) is 17.7 Å². The number of nitrogens with one attached hydrogen (secondary N) is 1. The zero-order chi connectivity index (χ0) is 35.3. The van der Waals surface area contributed by atoms with Crippen LogP contribution in [0.15, 0.2) is 73.1 Å². The predicted molar refractivity (Wildman–Crippen MR) is 195 cm³/mol. The normalized spacial score (nSPS) is 16.3. The van der Waals surface area contributed by atoms with Gasteiger partial charge in [0, 0.05) is 37.1 Å². The number of nitrogens with two attached hydrogens (primary N) is 1. The van der Waals surface area contributed by atoms with E-state index >= 15 is 0 Å². The van der Waals surface area contributed by atoms with Crippen LogP contribution in [0.4, 0.5) is 15.0 Å². The van der Waals surface area contributed by atoms with E-state index < -0.39 is 5.60 Å². The van der Waals surface area contributed by atoms with E-state index in [1.54, 1.807) is 17.0 Å². The first kappa shape index (κ1) is 35.3. The quantitative estimate of drug-likeness (QED) is 0.0964. The van der Waals surface area contributed by atoms with Gasteiger partial charge in [0.2, 0.25) is 5.28 Å². The summed E-state index contributed by atoms with van der Waals surface area (Å²) in [5, 5.41) is 9.40. The predicted octanol–water partition coefficient (Wildman–Crippen LogP) is 7.52. The fraction of sp³-hybridized carbons (Fsp3) is 0.421. The molecular formula is C38H46ClFN8O2. The smallest absolute Gasteiger partial charge is 0.410 e. The molecule has 1 aliphatic rings. The fourth-order valence-corrected chi connectivity index (χ4v) is 6.88. The van der Waals surface area contributed by atoms with Crippen LogP contribution in [0.25, 0.3) is 22.3 Å². The molecule has 1 amide bonds. The molecule has 5 aromatic rings. The number of carbonyl (C=O) groups excluding carboxylic acids is 1. The highest BCUT2D eigenvalue weighted by atomic mass is 35.5. The van der Waals surface area contributed by atoms with Crippen molar-refractivity contribution in [2.24, 2.45) is 5.92 Å². The summed E-state index contributed by atoms with van der Waals surface area (Å²) in [5.74, 6) is 0.566. The van der Waals surface area contributed by atoms with Crippen molar-refractivity contribution in [3.05, 3.63) is 95.3 Å². The maximum absolute atomic E-state index is 13.4. The molecule has 6 rings (SSSR count). The van der Waals surface area contributed by atoms with Crippen LogP contribution in [-0.2, 0) is 17.7 Å². The van der Waals surface area contributed by atoms with Gasteiger partial charge in [-0.1, -0.05) is 42.5 Å². The van der Waals surface area contributed by atoms with Crippen LogP contribution in [0.1, 0.15) is 63.6 Å². The Morgan fingerprint density at radius 3 is 2.60 bits per heavy atom. The van der Waals surface area contributed by atoms with E-state index in [4.69, 9.17) is 27.2 Å². The van der Waals surface area contributed by atoms with E-state index in [0.717, 1.165) is 66.6 Å². The third kappa shape index (κ3) is 9.00.